The average Bonchev–Trinajstić information content (AvgIpc) is 2.63. The van der Waals surface area contributed by atoms with Crippen molar-refractivity contribution in [2.45, 2.75) is 25.7 Å². The van der Waals surface area contributed by atoms with Crippen LogP contribution in [0.4, 0.5) is 0 Å². The number of nitriles is 3. The summed E-state index contributed by atoms with van der Waals surface area (Å²) in [5.74, 6) is -1.87. The summed E-state index contributed by atoms with van der Waals surface area (Å²) in [7, 11) is 1.54. The van der Waals surface area contributed by atoms with Crippen molar-refractivity contribution in [3.63, 3.8) is 0 Å². The quantitative estimate of drug-likeness (QED) is 0.885. The molecule has 7 heteroatoms. The van der Waals surface area contributed by atoms with Crippen LogP contribution in [0.5, 0.6) is 5.75 Å². The number of methoxy groups -OCH3 is 1. The fourth-order valence-corrected chi connectivity index (χ4v) is 3.75. The van der Waals surface area contributed by atoms with Crippen LogP contribution in [0.3, 0.4) is 0 Å². The van der Waals surface area contributed by atoms with Crippen molar-refractivity contribution in [2.75, 3.05) is 7.11 Å². The van der Waals surface area contributed by atoms with Gasteiger partial charge >= 0.3 is 0 Å². The van der Waals surface area contributed by atoms with Gasteiger partial charge in [-0.3, -0.25) is 5.41 Å². The van der Waals surface area contributed by atoms with E-state index in [1.165, 1.54) is 7.11 Å². The smallest absolute Gasteiger partial charge is 0.215 e. The summed E-state index contributed by atoms with van der Waals surface area (Å²) < 4.78 is 16.7. The molecule has 2 bridgehead atoms. The minimum absolute atomic E-state index is 0.411. The molecule has 3 aliphatic heterocycles. The molecule has 1 aromatic carbocycles. The second kappa shape index (κ2) is 5.21. The number of hydrogen-bond acceptors (Lipinski definition) is 7. The Bertz CT molecular complexity index is 846. The fourth-order valence-electron chi connectivity index (χ4n) is 3.75. The van der Waals surface area contributed by atoms with Gasteiger partial charge in [-0.2, -0.15) is 15.8 Å². The molecule has 0 aliphatic carbocycles. The molecule has 3 heterocycles. The highest BCUT2D eigenvalue weighted by molar-refractivity contribution is 5.88. The van der Waals surface area contributed by atoms with Crippen LogP contribution in [-0.2, 0) is 9.47 Å². The molecule has 1 N–H and O–H groups in total. The highest BCUT2D eigenvalue weighted by Gasteiger charge is 2.77. The SMILES string of the molecule is COc1ccc([C@H]2O[C@@]3(C)OC(=N)[C@@]2(C#N)C(C#N)(C#N)[C@@H]3C)cc1. The van der Waals surface area contributed by atoms with Crippen molar-refractivity contribution in [2.24, 2.45) is 16.7 Å². The third kappa shape index (κ3) is 1.78. The van der Waals surface area contributed by atoms with E-state index in [2.05, 4.69) is 0 Å². The molecule has 0 aromatic heterocycles. The minimum atomic E-state index is -1.86. The Morgan fingerprint density at radius 1 is 1.12 bits per heavy atom. The molecule has 3 saturated heterocycles. The standard InChI is InChI=1S/C18H16N4O3/c1-11-16(2)24-14(12-4-6-13(23-3)7-5-12)18(10-21,15(22)25-16)17(11,8-19)9-20/h4-7,11,14,22H,1-3H3/t11-,14-,16+,18+/m1/s1. The molecule has 0 unspecified atom stereocenters. The van der Waals surface area contributed by atoms with Crippen LogP contribution in [0.1, 0.15) is 25.5 Å². The van der Waals surface area contributed by atoms with Crippen LogP contribution >= 0.6 is 0 Å². The van der Waals surface area contributed by atoms with Crippen molar-refractivity contribution >= 4 is 5.90 Å². The van der Waals surface area contributed by atoms with Crippen molar-refractivity contribution in [1.29, 1.82) is 21.2 Å². The Morgan fingerprint density at radius 2 is 1.72 bits per heavy atom. The third-order valence-electron chi connectivity index (χ3n) is 5.41. The zero-order valence-electron chi connectivity index (χ0n) is 14.0. The van der Waals surface area contributed by atoms with Gasteiger partial charge in [-0.25, -0.2) is 0 Å². The van der Waals surface area contributed by atoms with Crippen LogP contribution < -0.4 is 4.74 Å². The number of rotatable bonds is 2. The Kier molecular flexibility index (Phi) is 3.49. The number of nitrogens with zero attached hydrogens (tertiary/aromatic N) is 3. The van der Waals surface area contributed by atoms with Gasteiger partial charge in [-0.15, -0.1) is 0 Å². The lowest BCUT2D eigenvalue weighted by atomic mass is 9.51. The number of nitrogens with one attached hydrogen (secondary N) is 1. The molecule has 0 saturated carbocycles. The van der Waals surface area contributed by atoms with Gasteiger partial charge < -0.3 is 14.2 Å². The Morgan fingerprint density at radius 3 is 2.20 bits per heavy atom. The molecule has 3 aliphatic rings. The summed E-state index contributed by atoms with van der Waals surface area (Å²) >= 11 is 0. The van der Waals surface area contributed by atoms with Gasteiger partial charge in [0.1, 0.15) is 11.9 Å². The van der Waals surface area contributed by atoms with E-state index in [-0.39, 0.29) is 0 Å². The predicted molar refractivity (Wildman–Crippen MR) is 84.9 cm³/mol. The maximum absolute atomic E-state index is 9.99. The van der Waals surface area contributed by atoms with Crippen LogP contribution in [-0.4, -0.2) is 18.8 Å². The van der Waals surface area contributed by atoms with Crippen molar-refractivity contribution in [3.05, 3.63) is 29.8 Å². The maximum atomic E-state index is 9.99. The van der Waals surface area contributed by atoms with Gasteiger partial charge in [0.15, 0.2) is 10.8 Å². The lowest BCUT2D eigenvalue weighted by Gasteiger charge is -2.60. The highest BCUT2D eigenvalue weighted by atomic mass is 16.7. The van der Waals surface area contributed by atoms with E-state index in [0.29, 0.717) is 11.3 Å². The highest BCUT2D eigenvalue weighted by Crippen LogP contribution is 2.66. The van der Waals surface area contributed by atoms with Crippen LogP contribution in [0.2, 0.25) is 0 Å². The number of fused-ring (bicyclic) bond motifs is 3. The summed E-state index contributed by atoms with van der Waals surface area (Å²) in [5, 5.41) is 38.0. The molecule has 1 aromatic rings. The molecular formula is C18H16N4O3. The van der Waals surface area contributed by atoms with Gasteiger partial charge in [0.2, 0.25) is 11.7 Å². The summed E-state index contributed by atoms with van der Waals surface area (Å²) in [6.07, 6.45) is -0.981. The molecule has 4 atom stereocenters. The predicted octanol–water partition coefficient (Wildman–Crippen LogP) is 2.67. The second-order valence-electron chi connectivity index (χ2n) is 6.39. The molecule has 25 heavy (non-hydrogen) atoms. The largest absolute Gasteiger partial charge is 0.497 e. The van der Waals surface area contributed by atoms with Gasteiger partial charge in [0.05, 0.1) is 31.2 Å². The van der Waals surface area contributed by atoms with E-state index in [9.17, 15) is 15.8 Å². The lowest BCUT2D eigenvalue weighted by Crippen LogP contribution is -2.71. The van der Waals surface area contributed by atoms with Crippen LogP contribution in [0.25, 0.3) is 0 Å². The summed E-state index contributed by atoms with van der Waals surface area (Å²) in [4.78, 5) is 0. The first kappa shape index (κ1) is 16.8. The first-order valence-electron chi connectivity index (χ1n) is 7.68. The Labute approximate surface area is 145 Å². The first-order chi connectivity index (χ1) is 11.8. The van der Waals surface area contributed by atoms with E-state index in [1.54, 1.807) is 38.1 Å². The summed E-state index contributed by atoms with van der Waals surface area (Å²) in [6, 6.07) is 12.8. The normalized spacial score (nSPS) is 35.0. The molecule has 126 valence electrons. The van der Waals surface area contributed by atoms with E-state index in [1.807, 2.05) is 18.2 Å². The van der Waals surface area contributed by atoms with Crippen molar-refractivity contribution < 1.29 is 14.2 Å². The maximum Gasteiger partial charge on any atom is 0.215 e. The van der Waals surface area contributed by atoms with E-state index in [4.69, 9.17) is 19.6 Å². The van der Waals surface area contributed by atoms with Crippen LogP contribution in [0, 0.1) is 56.2 Å². The number of hydrogen-bond donors (Lipinski definition) is 1. The molecule has 0 radical (unpaired) electrons. The van der Waals surface area contributed by atoms with Gasteiger partial charge in [-0.05, 0) is 17.7 Å². The molecule has 0 spiro atoms. The fraction of sp³-hybridized carbons (Fsp3) is 0.444. The average molecular weight is 336 g/mol. The zero-order chi connectivity index (χ0) is 18.5. The summed E-state index contributed by atoms with van der Waals surface area (Å²) in [6.45, 7) is 3.22. The zero-order valence-corrected chi connectivity index (χ0v) is 14.0. The molecule has 3 fully saturated rings. The van der Waals surface area contributed by atoms with Crippen molar-refractivity contribution in [1.82, 2.24) is 0 Å². The first-order valence-corrected chi connectivity index (χ1v) is 7.68. The molecule has 0 amide bonds. The second-order valence-corrected chi connectivity index (χ2v) is 6.39. The Hall–Kier alpha value is -3.08. The molecule has 7 nitrogen and oxygen atoms in total. The van der Waals surface area contributed by atoms with E-state index in [0.717, 1.165) is 0 Å². The topological polar surface area (TPSA) is 123 Å². The monoisotopic (exact) mass is 336 g/mol. The van der Waals surface area contributed by atoms with Gasteiger partial charge in [0.25, 0.3) is 0 Å². The van der Waals surface area contributed by atoms with E-state index < -0.39 is 34.5 Å². The molecular weight excluding hydrogens is 320 g/mol. The molecule has 4 rings (SSSR count). The van der Waals surface area contributed by atoms with E-state index >= 15 is 0 Å². The number of benzene rings is 1. The van der Waals surface area contributed by atoms with Gasteiger partial charge in [-0.1, -0.05) is 19.1 Å². The number of ether oxygens (including phenoxy) is 3. The minimum Gasteiger partial charge on any atom is -0.497 e. The van der Waals surface area contributed by atoms with Crippen molar-refractivity contribution in [3.8, 4) is 24.0 Å². The summed E-state index contributed by atoms with van der Waals surface area (Å²) in [5.41, 5.74) is -3.06. The lowest BCUT2D eigenvalue weighted by molar-refractivity contribution is -0.338. The third-order valence-corrected chi connectivity index (χ3v) is 5.41. The Balaban J connectivity index is 2.27. The van der Waals surface area contributed by atoms with Gasteiger partial charge in [0, 0.05) is 6.92 Å². The van der Waals surface area contributed by atoms with Crippen LogP contribution in [0.15, 0.2) is 24.3 Å².